The Labute approximate surface area is 127 Å². The maximum Gasteiger partial charge on any atom is 0.132 e. The number of amidine groups is 1. The van der Waals surface area contributed by atoms with Crippen molar-refractivity contribution in [3.05, 3.63) is 64.4 Å². The van der Waals surface area contributed by atoms with E-state index >= 15 is 0 Å². The van der Waals surface area contributed by atoms with Crippen LogP contribution in [0.5, 0.6) is 0 Å². The lowest BCUT2D eigenvalue weighted by Crippen LogP contribution is -2.14. The Hall–Kier alpha value is -2.20. The SMILES string of the molecule is CN=[13C]1CN=C(c2ccccc2F)c2cc(Cl)ccc2N1. The fraction of sp³-hybridized carbons (Fsp3) is 0.125. The molecule has 1 aliphatic rings. The van der Waals surface area contributed by atoms with E-state index in [9.17, 15) is 4.39 Å². The molecule has 0 spiro atoms. The number of benzodiazepines with no additional fused rings is 1. The van der Waals surface area contributed by atoms with Gasteiger partial charge in [0.05, 0.1) is 12.3 Å². The summed E-state index contributed by atoms with van der Waals surface area (Å²) in [6, 6.07) is 12.0. The van der Waals surface area contributed by atoms with Crippen LogP contribution in [0, 0.1) is 5.82 Å². The van der Waals surface area contributed by atoms with Crippen molar-refractivity contribution in [3.8, 4) is 0 Å². The summed E-state index contributed by atoms with van der Waals surface area (Å²) in [6.45, 7) is 0.368. The number of hydrogen-bond donors (Lipinski definition) is 1. The Morgan fingerprint density at radius 3 is 2.76 bits per heavy atom. The fourth-order valence-corrected chi connectivity index (χ4v) is 2.44. The number of nitrogens with zero attached hydrogens (tertiary/aromatic N) is 2. The number of aliphatic imine (C=N–C) groups is 2. The number of fused-ring (bicyclic) bond motifs is 1. The van der Waals surface area contributed by atoms with Crippen LogP contribution < -0.4 is 5.32 Å². The summed E-state index contributed by atoms with van der Waals surface area (Å²) in [7, 11) is 1.70. The van der Waals surface area contributed by atoms with Crippen molar-refractivity contribution in [3.63, 3.8) is 0 Å². The smallest absolute Gasteiger partial charge is 0.132 e. The molecule has 1 aliphatic heterocycles. The first kappa shape index (κ1) is 13.8. The Bertz CT molecular complexity index is 753. The van der Waals surface area contributed by atoms with E-state index in [0.29, 0.717) is 22.8 Å². The van der Waals surface area contributed by atoms with Crippen LogP contribution in [0.1, 0.15) is 11.1 Å². The van der Waals surface area contributed by atoms with Gasteiger partial charge in [0.1, 0.15) is 11.7 Å². The maximum absolute atomic E-state index is 14.1. The van der Waals surface area contributed by atoms with Crippen LogP contribution in [-0.4, -0.2) is 25.1 Å². The molecule has 106 valence electrons. The van der Waals surface area contributed by atoms with E-state index in [4.69, 9.17) is 11.6 Å². The number of anilines is 1. The minimum absolute atomic E-state index is 0.306. The van der Waals surface area contributed by atoms with Crippen molar-refractivity contribution in [2.24, 2.45) is 9.98 Å². The highest BCUT2D eigenvalue weighted by atomic mass is 35.5. The monoisotopic (exact) mass is 302 g/mol. The summed E-state index contributed by atoms with van der Waals surface area (Å²) in [6.07, 6.45) is 0. The summed E-state index contributed by atoms with van der Waals surface area (Å²) in [5.41, 5.74) is 2.63. The first-order valence-electron chi connectivity index (χ1n) is 6.51. The van der Waals surface area contributed by atoms with Gasteiger partial charge in [-0.3, -0.25) is 9.98 Å². The van der Waals surface area contributed by atoms with E-state index in [2.05, 4.69) is 15.3 Å². The highest BCUT2D eigenvalue weighted by Crippen LogP contribution is 2.27. The number of hydrogen-bond acceptors (Lipinski definition) is 2. The maximum atomic E-state index is 14.1. The first-order chi connectivity index (χ1) is 10.2. The highest BCUT2D eigenvalue weighted by molar-refractivity contribution is 6.32. The standard InChI is InChI=1S/C16H13ClFN3/c1-19-15-9-20-16(11-4-2-3-5-13(11)18)12-8-10(17)6-7-14(12)21-15/h2-8H,9H2,1H3,(H,19,21)/i15+1. The summed E-state index contributed by atoms with van der Waals surface area (Å²) >= 11 is 6.09. The van der Waals surface area contributed by atoms with Crippen molar-refractivity contribution in [2.75, 3.05) is 18.9 Å². The molecule has 3 nitrogen and oxygen atoms in total. The molecule has 0 bridgehead atoms. The predicted octanol–water partition coefficient (Wildman–Crippen LogP) is 3.77. The van der Waals surface area contributed by atoms with E-state index in [1.807, 2.05) is 6.07 Å². The quantitative estimate of drug-likeness (QED) is 0.800. The topological polar surface area (TPSA) is 36.8 Å². The summed E-state index contributed by atoms with van der Waals surface area (Å²) in [4.78, 5) is 8.66. The minimum atomic E-state index is -0.306. The molecular formula is C16H13ClFN3. The normalized spacial score (nSPS) is 16.0. The molecule has 2 aromatic rings. The van der Waals surface area contributed by atoms with Gasteiger partial charge in [-0.05, 0) is 30.3 Å². The fourth-order valence-electron chi connectivity index (χ4n) is 2.27. The summed E-state index contributed by atoms with van der Waals surface area (Å²) in [5, 5.41) is 3.79. The van der Waals surface area contributed by atoms with Crippen LogP contribution in [0.4, 0.5) is 10.1 Å². The Morgan fingerprint density at radius 2 is 2.00 bits per heavy atom. The molecular weight excluding hydrogens is 290 g/mol. The van der Waals surface area contributed by atoms with Gasteiger partial charge in [0, 0.05) is 28.9 Å². The molecule has 5 heteroatoms. The van der Waals surface area contributed by atoms with Gasteiger partial charge in [-0.25, -0.2) is 4.39 Å². The van der Waals surface area contributed by atoms with Gasteiger partial charge in [-0.2, -0.15) is 0 Å². The lowest BCUT2D eigenvalue weighted by Gasteiger charge is -2.11. The third-order valence-electron chi connectivity index (χ3n) is 3.30. The zero-order valence-corrected chi connectivity index (χ0v) is 12.2. The van der Waals surface area contributed by atoms with Crippen molar-refractivity contribution in [2.45, 2.75) is 0 Å². The largest absolute Gasteiger partial charge is 0.342 e. The van der Waals surface area contributed by atoms with Gasteiger partial charge < -0.3 is 5.32 Å². The Morgan fingerprint density at radius 1 is 1.19 bits per heavy atom. The molecule has 0 amide bonds. The number of halogens is 2. The molecule has 1 N–H and O–H groups in total. The minimum Gasteiger partial charge on any atom is -0.342 e. The second kappa shape index (κ2) is 5.66. The van der Waals surface area contributed by atoms with Crippen LogP contribution in [0.2, 0.25) is 5.02 Å². The molecule has 21 heavy (non-hydrogen) atoms. The molecule has 0 fully saturated rings. The Kier molecular flexibility index (Phi) is 3.71. The molecule has 0 unspecified atom stereocenters. The molecule has 0 atom stereocenters. The van der Waals surface area contributed by atoms with E-state index < -0.39 is 0 Å². The van der Waals surface area contributed by atoms with E-state index in [1.165, 1.54) is 6.07 Å². The van der Waals surface area contributed by atoms with Gasteiger partial charge in [-0.1, -0.05) is 23.7 Å². The van der Waals surface area contributed by atoms with Gasteiger partial charge in [0.25, 0.3) is 0 Å². The average Bonchev–Trinajstić information content (AvgIpc) is 2.67. The van der Waals surface area contributed by atoms with Gasteiger partial charge in [0.15, 0.2) is 0 Å². The van der Waals surface area contributed by atoms with Crippen LogP contribution in [0.15, 0.2) is 52.4 Å². The van der Waals surface area contributed by atoms with Crippen molar-refractivity contribution >= 4 is 28.8 Å². The first-order valence-corrected chi connectivity index (χ1v) is 6.89. The number of rotatable bonds is 1. The second-order valence-corrected chi connectivity index (χ2v) is 5.07. The Balaban J connectivity index is 2.23. The molecule has 3 rings (SSSR count). The second-order valence-electron chi connectivity index (χ2n) is 4.63. The number of nitrogens with one attached hydrogen (secondary N) is 1. The van der Waals surface area contributed by atoms with Crippen LogP contribution in [-0.2, 0) is 0 Å². The third kappa shape index (κ3) is 2.67. The molecule has 0 radical (unpaired) electrons. The molecule has 0 saturated carbocycles. The van der Waals surface area contributed by atoms with Crippen molar-refractivity contribution < 1.29 is 4.39 Å². The lowest BCUT2D eigenvalue weighted by molar-refractivity contribution is 0.625. The predicted molar refractivity (Wildman–Crippen MR) is 85.3 cm³/mol. The lowest BCUT2D eigenvalue weighted by atomic mass is 10.0. The summed E-state index contributed by atoms with van der Waals surface area (Å²) in [5.74, 6) is 0.420. The van der Waals surface area contributed by atoms with Crippen LogP contribution >= 0.6 is 11.6 Å². The van der Waals surface area contributed by atoms with E-state index in [0.717, 1.165) is 17.1 Å². The van der Waals surface area contributed by atoms with Crippen LogP contribution in [0.3, 0.4) is 0 Å². The molecule has 0 aliphatic carbocycles. The zero-order valence-electron chi connectivity index (χ0n) is 11.4. The van der Waals surface area contributed by atoms with Gasteiger partial charge in [0.2, 0.25) is 0 Å². The zero-order chi connectivity index (χ0) is 14.8. The molecule has 2 aromatic carbocycles. The highest BCUT2D eigenvalue weighted by Gasteiger charge is 2.19. The number of benzene rings is 2. The molecule has 1 heterocycles. The molecule has 0 saturated heterocycles. The molecule has 0 aromatic heterocycles. The van der Waals surface area contributed by atoms with E-state index in [1.54, 1.807) is 37.4 Å². The van der Waals surface area contributed by atoms with Crippen molar-refractivity contribution in [1.82, 2.24) is 0 Å². The third-order valence-corrected chi connectivity index (χ3v) is 3.54. The van der Waals surface area contributed by atoms with Gasteiger partial charge in [-0.15, -0.1) is 0 Å². The van der Waals surface area contributed by atoms with E-state index in [-0.39, 0.29) is 5.82 Å². The van der Waals surface area contributed by atoms with Crippen LogP contribution in [0.25, 0.3) is 0 Å². The summed E-state index contributed by atoms with van der Waals surface area (Å²) < 4.78 is 14.1. The van der Waals surface area contributed by atoms with Gasteiger partial charge >= 0.3 is 0 Å². The van der Waals surface area contributed by atoms with Crippen molar-refractivity contribution in [1.29, 1.82) is 0 Å². The average molecular weight is 303 g/mol.